The largest absolute Gasteiger partial charge is 0.465 e. The van der Waals surface area contributed by atoms with Gasteiger partial charge in [-0.1, -0.05) is 19.4 Å². The minimum absolute atomic E-state index is 0.137. The highest BCUT2D eigenvalue weighted by Crippen LogP contribution is 2.40. The van der Waals surface area contributed by atoms with Crippen molar-refractivity contribution in [2.45, 2.75) is 57.8 Å². The van der Waals surface area contributed by atoms with Crippen LogP contribution in [0.25, 0.3) is 10.2 Å². The number of thiazole rings is 1. The summed E-state index contributed by atoms with van der Waals surface area (Å²) in [6, 6.07) is 7.12. The molecule has 0 radical (unpaired) electrons. The van der Waals surface area contributed by atoms with E-state index in [0.717, 1.165) is 67.5 Å². The maximum absolute atomic E-state index is 13.0. The van der Waals surface area contributed by atoms with Crippen LogP contribution in [0.2, 0.25) is 0 Å². The highest BCUT2D eigenvalue weighted by atomic mass is 32.1. The lowest BCUT2D eigenvalue weighted by Gasteiger charge is -2.27. The Balaban J connectivity index is 1.51. The number of amides is 1. The summed E-state index contributed by atoms with van der Waals surface area (Å²) in [5, 5.41) is 3.65. The lowest BCUT2D eigenvalue weighted by Crippen LogP contribution is -2.18. The molecule has 1 fully saturated rings. The smallest absolute Gasteiger partial charge is 0.340 e. The quantitative estimate of drug-likeness (QED) is 0.230. The van der Waals surface area contributed by atoms with E-state index in [-0.39, 0.29) is 16.9 Å². The number of hydrogen-bond acceptors (Lipinski definition) is 7. The van der Waals surface area contributed by atoms with E-state index in [2.05, 4.69) is 17.2 Å². The molecule has 1 aromatic carbocycles. The van der Waals surface area contributed by atoms with Crippen molar-refractivity contribution in [1.82, 2.24) is 9.97 Å². The number of nitrogens with one attached hydrogen (secondary N) is 1. The minimum atomic E-state index is -2.80. The van der Waals surface area contributed by atoms with Crippen LogP contribution in [-0.2, 0) is 9.47 Å². The Morgan fingerprint density at radius 2 is 1.95 bits per heavy atom. The predicted octanol–water partition coefficient (Wildman–Crippen LogP) is 6.76. The van der Waals surface area contributed by atoms with Crippen molar-refractivity contribution in [3.63, 3.8) is 0 Å². The molecule has 0 atom stereocenters. The summed E-state index contributed by atoms with van der Waals surface area (Å²) in [4.78, 5) is 33.8. The number of benzene rings is 1. The molecule has 0 spiro atoms. The molecule has 7 nitrogen and oxygen atoms in total. The lowest BCUT2D eigenvalue weighted by molar-refractivity contribution is 0.0602. The Hall–Kier alpha value is -2.98. The van der Waals surface area contributed by atoms with Crippen molar-refractivity contribution >= 4 is 39.1 Å². The van der Waals surface area contributed by atoms with Crippen LogP contribution >= 0.6 is 11.3 Å². The average molecular weight is 532 g/mol. The summed E-state index contributed by atoms with van der Waals surface area (Å²) in [6.07, 6.45) is 3.67. The monoisotopic (exact) mass is 531 g/mol. The van der Waals surface area contributed by atoms with Crippen LogP contribution in [0.4, 0.5) is 14.5 Å². The standard InChI is InChI=1S/C27H31F2N3O4S/c1-3-4-12-36-15-16-8-10-17(11-9-16)26-32-22-13-18(27(34)35-2)21(14-23(22)37-26)31-25(33)20-7-5-6-19(30-20)24(28)29/h5-7,13-14,16-17,24H,3-4,8-12,15H2,1-2H3,(H,31,33)/t16-,17-. The molecule has 1 amide bonds. The Morgan fingerprint density at radius 1 is 1.16 bits per heavy atom. The number of rotatable bonds is 10. The summed E-state index contributed by atoms with van der Waals surface area (Å²) < 4.78 is 37.6. The molecule has 198 valence electrons. The molecule has 10 heteroatoms. The van der Waals surface area contributed by atoms with Crippen molar-refractivity contribution in [2.75, 3.05) is 25.6 Å². The number of unbranched alkanes of at least 4 members (excludes halogenated alkanes) is 1. The second kappa shape index (κ2) is 12.5. The predicted molar refractivity (Wildman–Crippen MR) is 139 cm³/mol. The van der Waals surface area contributed by atoms with Gasteiger partial charge in [0.2, 0.25) is 0 Å². The third-order valence-electron chi connectivity index (χ3n) is 6.62. The first-order chi connectivity index (χ1) is 17.9. The molecular weight excluding hydrogens is 500 g/mol. The Morgan fingerprint density at radius 3 is 2.65 bits per heavy atom. The van der Waals surface area contributed by atoms with Crippen LogP contribution < -0.4 is 5.32 Å². The topological polar surface area (TPSA) is 90.4 Å². The van der Waals surface area contributed by atoms with Crippen molar-refractivity contribution in [1.29, 1.82) is 0 Å². The number of anilines is 1. The highest BCUT2D eigenvalue weighted by Gasteiger charge is 2.26. The van der Waals surface area contributed by atoms with E-state index in [9.17, 15) is 18.4 Å². The van der Waals surface area contributed by atoms with E-state index < -0.39 is 24.0 Å². The highest BCUT2D eigenvalue weighted by molar-refractivity contribution is 7.18. The van der Waals surface area contributed by atoms with Gasteiger partial charge >= 0.3 is 5.97 Å². The van der Waals surface area contributed by atoms with Crippen molar-refractivity contribution in [2.24, 2.45) is 5.92 Å². The van der Waals surface area contributed by atoms with Gasteiger partial charge in [-0.25, -0.2) is 23.5 Å². The van der Waals surface area contributed by atoms with Gasteiger partial charge < -0.3 is 14.8 Å². The van der Waals surface area contributed by atoms with E-state index in [0.29, 0.717) is 17.4 Å². The molecule has 4 rings (SSSR count). The molecule has 0 unspecified atom stereocenters. The third kappa shape index (κ3) is 6.67. The zero-order chi connectivity index (χ0) is 26.4. The van der Waals surface area contributed by atoms with Crippen LogP contribution in [0, 0.1) is 5.92 Å². The normalized spacial score (nSPS) is 17.8. The maximum Gasteiger partial charge on any atom is 0.340 e. The van der Waals surface area contributed by atoms with Crippen LogP contribution in [0.1, 0.15) is 89.3 Å². The number of esters is 1. The second-order valence-corrected chi connectivity index (χ2v) is 10.3. The number of hydrogen-bond donors (Lipinski definition) is 1. The lowest BCUT2D eigenvalue weighted by atomic mass is 9.83. The van der Waals surface area contributed by atoms with Gasteiger partial charge in [-0.2, -0.15) is 0 Å². The number of pyridine rings is 1. The van der Waals surface area contributed by atoms with E-state index >= 15 is 0 Å². The number of alkyl halides is 2. The zero-order valence-electron chi connectivity index (χ0n) is 21.0. The van der Waals surface area contributed by atoms with Crippen LogP contribution in [0.5, 0.6) is 0 Å². The summed E-state index contributed by atoms with van der Waals surface area (Å²) >= 11 is 1.54. The molecule has 0 bridgehead atoms. The summed E-state index contributed by atoms with van der Waals surface area (Å²) in [7, 11) is 1.25. The van der Waals surface area contributed by atoms with Crippen molar-refractivity contribution < 1.29 is 27.8 Å². The first-order valence-corrected chi connectivity index (χ1v) is 13.4. The van der Waals surface area contributed by atoms with Crippen LogP contribution in [0.3, 0.4) is 0 Å². The molecular formula is C27H31F2N3O4S. The molecule has 1 saturated carbocycles. The molecule has 0 saturated heterocycles. The van der Waals surface area contributed by atoms with Gasteiger partial charge in [0.05, 0.1) is 33.6 Å². The molecule has 3 aromatic rings. The minimum Gasteiger partial charge on any atom is -0.465 e. The third-order valence-corrected chi connectivity index (χ3v) is 7.80. The SMILES string of the molecule is CCCCOC[C@H]1CC[C@H](c2nc3cc(C(=O)OC)c(NC(=O)c4cccc(C(F)F)n4)cc3s2)CC1. The Bertz CT molecular complexity index is 1240. The fourth-order valence-corrected chi connectivity index (χ4v) is 5.66. The first kappa shape index (κ1) is 27.1. The zero-order valence-corrected chi connectivity index (χ0v) is 21.8. The molecule has 0 aliphatic heterocycles. The number of ether oxygens (including phenoxy) is 2. The number of aromatic nitrogens is 2. The first-order valence-electron chi connectivity index (χ1n) is 12.6. The van der Waals surface area contributed by atoms with E-state index in [4.69, 9.17) is 14.5 Å². The van der Waals surface area contributed by atoms with Crippen LogP contribution in [-0.4, -0.2) is 42.2 Å². The van der Waals surface area contributed by atoms with Gasteiger partial charge in [-0.15, -0.1) is 11.3 Å². The number of methoxy groups -OCH3 is 1. The number of carbonyl (C=O) groups is 2. The van der Waals surface area contributed by atoms with Gasteiger partial charge in [0.25, 0.3) is 12.3 Å². The van der Waals surface area contributed by atoms with Gasteiger partial charge in [0.1, 0.15) is 11.4 Å². The van der Waals surface area contributed by atoms with E-state index in [1.54, 1.807) is 23.5 Å². The molecule has 2 heterocycles. The molecule has 37 heavy (non-hydrogen) atoms. The molecule has 1 N–H and O–H groups in total. The summed E-state index contributed by atoms with van der Waals surface area (Å²) in [6.45, 7) is 3.79. The molecule has 1 aliphatic rings. The fraction of sp³-hybridized carbons (Fsp3) is 0.481. The van der Waals surface area contributed by atoms with E-state index in [1.807, 2.05) is 0 Å². The Labute approximate surface area is 218 Å². The molecule has 2 aromatic heterocycles. The van der Waals surface area contributed by atoms with Crippen molar-refractivity contribution in [3.05, 3.63) is 52.3 Å². The number of halogens is 2. The maximum atomic E-state index is 13.0. The number of nitrogens with zero attached hydrogens (tertiary/aromatic N) is 2. The fourth-order valence-electron chi connectivity index (χ4n) is 4.51. The average Bonchev–Trinajstić information content (AvgIpc) is 3.33. The number of fused-ring (bicyclic) bond motifs is 1. The van der Waals surface area contributed by atoms with Crippen LogP contribution in [0.15, 0.2) is 30.3 Å². The van der Waals surface area contributed by atoms with Gasteiger partial charge in [-0.05, 0) is 62.3 Å². The van der Waals surface area contributed by atoms with Gasteiger partial charge in [0.15, 0.2) is 0 Å². The number of carbonyl (C=O) groups excluding carboxylic acids is 2. The van der Waals surface area contributed by atoms with Crippen molar-refractivity contribution in [3.8, 4) is 0 Å². The van der Waals surface area contributed by atoms with E-state index in [1.165, 1.54) is 19.2 Å². The van der Waals surface area contributed by atoms with Gasteiger partial charge in [-0.3, -0.25) is 4.79 Å². The Kier molecular flexibility index (Phi) is 9.15. The van der Waals surface area contributed by atoms with Gasteiger partial charge in [0, 0.05) is 19.1 Å². The summed E-state index contributed by atoms with van der Waals surface area (Å²) in [5.41, 5.74) is 0.343. The summed E-state index contributed by atoms with van der Waals surface area (Å²) in [5.74, 6) is -0.418. The molecule has 1 aliphatic carbocycles. The second-order valence-electron chi connectivity index (χ2n) is 9.26.